The van der Waals surface area contributed by atoms with E-state index in [0.717, 1.165) is 30.2 Å². The molecule has 1 unspecified atom stereocenters. The molecule has 5 N–H and O–H groups in total. The van der Waals surface area contributed by atoms with Crippen LogP contribution in [0.4, 0.5) is 13.2 Å². The lowest BCUT2D eigenvalue weighted by Crippen LogP contribution is -2.54. The van der Waals surface area contributed by atoms with Crippen LogP contribution in [0, 0.1) is 12.7 Å². The van der Waals surface area contributed by atoms with Gasteiger partial charge in [0.15, 0.2) is 5.60 Å². The van der Waals surface area contributed by atoms with Crippen molar-refractivity contribution in [2.45, 2.75) is 18.4 Å². The zero-order valence-electron chi connectivity index (χ0n) is 15.7. The summed E-state index contributed by atoms with van der Waals surface area (Å²) in [6.45, 7) is 0.855. The van der Waals surface area contributed by atoms with Crippen LogP contribution >= 0.6 is 11.6 Å². The van der Waals surface area contributed by atoms with Crippen LogP contribution < -0.4 is 11.7 Å². The van der Waals surface area contributed by atoms with E-state index in [0.29, 0.717) is 10.5 Å². The quantitative estimate of drug-likeness (QED) is 0.236. The Labute approximate surface area is 174 Å². The second kappa shape index (κ2) is 8.05. The standard InChI is InChI=1S/C19H18ClF3N6O/c1-11-2-5-15-16(6-11)26-8-17(28-15)19(22,23)18(30,9-29(25)10-27-24)13-4-3-12(20)7-14(13)21/h2-8,10,30H,9,24-25H2,1H3/b27-10-. The average molecular weight is 439 g/mol. The van der Waals surface area contributed by atoms with Crippen LogP contribution in [-0.2, 0) is 11.5 Å². The Bertz CT molecular complexity index is 1110. The Morgan fingerprint density at radius 2 is 1.97 bits per heavy atom. The summed E-state index contributed by atoms with van der Waals surface area (Å²) in [7, 11) is 0. The Balaban J connectivity index is 2.19. The molecule has 1 aromatic heterocycles. The minimum Gasteiger partial charge on any atom is -0.377 e. The number of hydrazone groups is 1. The van der Waals surface area contributed by atoms with E-state index in [1.807, 2.05) is 6.92 Å². The van der Waals surface area contributed by atoms with Crippen molar-refractivity contribution in [3.05, 3.63) is 70.3 Å². The smallest absolute Gasteiger partial charge is 0.325 e. The van der Waals surface area contributed by atoms with Crippen LogP contribution in [0.1, 0.15) is 16.8 Å². The fourth-order valence-electron chi connectivity index (χ4n) is 3.05. The van der Waals surface area contributed by atoms with Crippen molar-refractivity contribution >= 4 is 29.0 Å². The van der Waals surface area contributed by atoms with Gasteiger partial charge in [-0.1, -0.05) is 23.7 Å². The number of aryl methyl sites for hydroxylation is 1. The number of hydrazine groups is 1. The highest BCUT2D eigenvalue weighted by atomic mass is 35.5. The summed E-state index contributed by atoms with van der Waals surface area (Å²) >= 11 is 5.73. The number of aromatic nitrogens is 2. The van der Waals surface area contributed by atoms with Crippen LogP contribution in [0.15, 0.2) is 47.7 Å². The molecule has 11 heteroatoms. The summed E-state index contributed by atoms with van der Waals surface area (Å²) in [5, 5.41) is 14.8. The summed E-state index contributed by atoms with van der Waals surface area (Å²) in [6, 6.07) is 7.82. The Kier molecular flexibility index (Phi) is 5.84. The number of hydrogen-bond donors (Lipinski definition) is 3. The van der Waals surface area contributed by atoms with Gasteiger partial charge in [0.05, 0.1) is 23.8 Å². The molecule has 158 valence electrons. The first kappa shape index (κ1) is 21.8. The molecule has 0 saturated heterocycles. The molecular formula is C19H18ClF3N6O. The largest absolute Gasteiger partial charge is 0.377 e. The van der Waals surface area contributed by atoms with E-state index in [1.54, 1.807) is 12.1 Å². The molecule has 30 heavy (non-hydrogen) atoms. The van der Waals surface area contributed by atoms with Gasteiger partial charge in [0.25, 0.3) is 0 Å². The van der Waals surface area contributed by atoms with Gasteiger partial charge in [0.1, 0.15) is 17.8 Å². The number of fused-ring (bicyclic) bond motifs is 1. The van der Waals surface area contributed by atoms with E-state index in [4.69, 9.17) is 23.3 Å². The highest BCUT2D eigenvalue weighted by molar-refractivity contribution is 6.30. The second-order valence-corrected chi connectivity index (χ2v) is 7.18. The van der Waals surface area contributed by atoms with E-state index in [2.05, 4.69) is 15.1 Å². The molecule has 3 aromatic rings. The molecule has 7 nitrogen and oxygen atoms in total. The van der Waals surface area contributed by atoms with Crippen molar-refractivity contribution in [1.29, 1.82) is 0 Å². The van der Waals surface area contributed by atoms with Gasteiger partial charge in [-0.05, 0) is 36.8 Å². The van der Waals surface area contributed by atoms with Gasteiger partial charge in [-0.2, -0.15) is 13.9 Å². The highest BCUT2D eigenvalue weighted by Gasteiger charge is 2.58. The highest BCUT2D eigenvalue weighted by Crippen LogP contribution is 2.46. The topological polar surface area (TPSA) is 114 Å². The molecule has 0 radical (unpaired) electrons. The number of hydrogen-bond acceptors (Lipinski definition) is 6. The van der Waals surface area contributed by atoms with Crippen molar-refractivity contribution in [2.75, 3.05) is 6.54 Å². The van der Waals surface area contributed by atoms with Gasteiger partial charge in [0.2, 0.25) is 0 Å². The van der Waals surface area contributed by atoms with Gasteiger partial charge < -0.3 is 10.9 Å². The van der Waals surface area contributed by atoms with Crippen LogP contribution in [-0.4, -0.2) is 33.0 Å². The first-order valence-corrected chi connectivity index (χ1v) is 9.00. The fourth-order valence-corrected chi connectivity index (χ4v) is 3.21. The predicted octanol–water partition coefficient (Wildman–Crippen LogP) is 2.79. The number of nitrogens with two attached hydrogens (primary N) is 2. The summed E-state index contributed by atoms with van der Waals surface area (Å²) < 4.78 is 45.9. The summed E-state index contributed by atoms with van der Waals surface area (Å²) in [5.74, 6) is 5.33. The van der Waals surface area contributed by atoms with Gasteiger partial charge in [-0.15, -0.1) is 0 Å². The Hall–Kier alpha value is -2.95. The van der Waals surface area contributed by atoms with Crippen LogP contribution in [0.2, 0.25) is 5.02 Å². The zero-order valence-corrected chi connectivity index (χ0v) is 16.5. The molecule has 0 spiro atoms. The third-order valence-corrected chi connectivity index (χ3v) is 4.78. The third-order valence-electron chi connectivity index (χ3n) is 4.54. The van der Waals surface area contributed by atoms with Crippen LogP contribution in [0.25, 0.3) is 11.0 Å². The summed E-state index contributed by atoms with van der Waals surface area (Å²) in [6.07, 6.45) is 1.64. The first-order valence-electron chi connectivity index (χ1n) is 8.63. The predicted molar refractivity (Wildman–Crippen MR) is 107 cm³/mol. The van der Waals surface area contributed by atoms with Crippen molar-refractivity contribution in [3.8, 4) is 0 Å². The van der Waals surface area contributed by atoms with Crippen molar-refractivity contribution in [1.82, 2.24) is 15.0 Å². The van der Waals surface area contributed by atoms with Crippen molar-refractivity contribution < 1.29 is 18.3 Å². The number of benzene rings is 2. The maximum Gasteiger partial charge on any atom is 0.325 e. The van der Waals surface area contributed by atoms with Gasteiger partial charge in [0, 0.05) is 10.6 Å². The summed E-state index contributed by atoms with van der Waals surface area (Å²) in [4.78, 5) is 7.95. The lowest BCUT2D eigenvalue weighted by molar-refractivity contribution is -0.203. The van der Waals surface area contributed by atoms with E-state index in [-0.39, 0.29) is 10.5 Å². The van der Waals surface area contributed by atoms with Crippen LogP contribution in [0.5, 0.6) is 0 Å². The van der Waals surface area contributed by atoms with Gasteiger partial charge in [-0.25, -0.2) is 15.2 Å². The first-order chi connectivity index (χ1) is 14.1. The molecule has 3 rings (SSSR count). The molecule has 1 atom stereocenters. The molecule has 0 bridgehead atoms. The number of aliphatic hydroxyl groups is 1. The van der Waals surface area contributed by atoms with E-state index in [9.17, 15) is 9.50 Å². The average Bonchev–Trinajstić information content (AvgIpc) is 2.67. The van der Waals surface area contributed by atoms with E-state index in [1.165, 1.54) is 12.1 Å². The molecule has 0 saturated carbocycles. The molecule has 0 aliphatic rings. The molecule has 2 aromatic carbocycles. The van der Waals surface area contributed by atoms with Crippen molar-refractivity contribution in [3.63, 3.8) is 0 Å². The number of nitrogens with zero attached hydrogens (tertiary/aromatic N) is 4. The monoisotopic (exact) mass is 438 g/mol. The number of alkyl halides is 2. The van der Waals surface area contributed by atoms with Gasteiger partial charge in [-0.3, -0.25) is 9.99 Å². The van der Waals surface area contributed by atoms with E-state index >= 15 is 8.78 Å². The maximum absolute atomic E-state index is 15.7. The fraction of sp³-hybridized carbons (Fsp3) is 0.211. The molecular weight excluding hydrogens is 421 g/mol. The molecule has 0 aliphatic heterocycles. The second-order valence-electron chi connectivity index (χ2n) is 6.74. The molecule has 0 fully saturated rings. The lowest BCUT2D eigenvalue weighted by Gasteiger charge is -2.37. The lowest BCUT2D eigenvalue weighted by atomic mass is 9.84. The summed E-state index contributed by atoms with van der Waals surface area (Å²) in [5.41, 5.74) is -3.31. The number of rotatable bonds is 6. The number of halogens is 4. The third kappa shape index (κ3) is 3.89. The molecule has 0 aliphatic carbocycles. The molecule has 1 heterocycles. The SMILES string of the molecule is Cc1ccc2nc(C(F)(F)C(O)(CN(N)/C=N\N)c3ccc(Cl)cc3F)cnc2c1. The van der Waals surface area contributed by atoms with E-state index < -0.39 is 35.1 Å². The van der Waals surface area contributed by atoms with Crippen molar-refractivity contribution in [2.24, 2.45) is 16.8 Å². The normalized spacial score (nSPS) is 14.2. The maximum atomic E-state index is 15.7. The van der Waals surface area contributed by atoms with Crippen LogP contribution in [0.3, 0.4) is 0 Å². The zero-order chi connectivity index (χ0) is 22.1. The Morgan fingerprint density at radius 3 is 2.63 bits per heavy atom. The minimum absolute atomic E-state index is 0.0316. The Morgan fingerprint density at radius 1 is 1.23 bits per heavy atom. The molecule has 0 amide bonds. The van der Waals surface area contributed by atoms with Gasteiger partial charge >= 0.3 is 5.92 Å². The minimum atomic E-state index is -4.12.